The molecule has 14 heavy (non-hydrogen) atoms. The zero-order valence-electron chi connectivity index (χ0n) is 8.66. The van der Waals surface area contributed by atoms with E-state index in [2.05, 4.69) is 5.10 Å². The molecule has 0 unspecified atom stereocenters. The third-order valence-corrected chi connectivity index (χ3v) is 2.61. The number of amides is 1. The van der Waals surface area contributed by atoms with Gasteiger partial charge in [0.15, 0.2) is 5.69 Å². The summed E-state index contributed by atoms with van der Waals surface area (Å²) in [5.41, 5.74) is 1.57. The maximum atomic E-state index is 11.9. The minimum Gasteiger partial charge on any atom is -0.337 e. The van der Waals surface area contributed by atoms with Gasteiger partial charge in [0.25, 0.3) is 5.91 Å². The van der Waals surface area contributed by atoms with Gasteiger partial charge in [-0.15, -0.1) is 0 Å². The first-order valence-corrected chi connectivity index (χ1v) is 4.98. The van der Waals surface area contributed by atoms with Gasteiger partial charge in [-0.3, -0.25) is 9.48 Å². The van der Waals surface area contributed by atoms with Gasteiger partial charge in [0.1, 0.15) is 0 Å². The van der Waals surface area contributed by atoms with Gasteiger partial charge < -0.3 is 4.90 Å². The second kappa shape index (κ2) is 3.44. The van der Waals surface area contributed by atoms with Crippen LogP contribution in [0.5, 0.6) is 0 Å². The molecule has 76 valence electrons. The maximum Gasteiger partial charge on any atom is 0.274 e. The molecule has 2 rings (SSSR count). The van der Waals surface area contributed by atoms with Crippen LogP contribution in [0.3, 0.4) is 0 Å². The predicted molar refractivity (Wildman–Crippen MR) is 53.1 cm³/mol. The Hall–Kier alpha value is -1.32. The van der Waals surface area contributed by atoms with Gasteiger partial charge in [0.05, 0.1) is 0 Å². The summed E-state index contributed by atoms with van der Waals surface area (Å²) in [6, 6.07) is 0. The van der Waals surface area contributed by atoms with E-state index in [1.807, 2.05) is 25.1 Å². The molecule has 0 radical (unpaired) electrons. The summed E-state index contributed by atoms with van der Waals surface area (Å²) < 4.78 is 1.69. The fraction of sp³-hybridized carbons (Fsp3) is 0.600. The van der Waals surface area contributed by atoms with Crippen LogP contribution in [0.15, 0.2) is 6.20 Å². The zero-order valence-corrected chi connectivity index (χ0v) is 8.66. The Morgan fingerprint density at radius 2 is 2.07 bits per heavy atom. The SMILES string of the molecule is Cc1cn(C)nc1C(=O)N1CCCC1. The van der Waals surface area contributed by atoms with Crippen molar-refractivity contribution in [1.82, 2.24) is 14.7 Å². The topological polar surface area (TPSA) is 38.1 Å². The summed E-state index contributed by atoms with van der Waals surface area (Å²) >= 11 is 0. The molecule has 0 aliphatic carbocycles. The Morgan fingerprint density at radius 1 is 1.43 bits per heavy atom. The van der Waals surface area contributed by atoms with Crippen molar-refractivity contribution in [3.05, 3.63) is 17.5 Å². The van der Waals surface area contributed by atoms with Crippen molar-refractivity contribution in [2.24, 2.45) is 7.05 Å². The molecule has 1 fully saturated rings. The lowest BCUT2D eigenvalue weighted by atomic mass is 10.2. The minimum atomic E-state index is 0.0839. The molecule has 0 bridgehead atoms. The summed E-state index contributed by atoms with van der Waals surface area (Å²) in [7, 11) is 1.84. The molecule has 2 heterocycles. The molecule has 4 nitrogen and oxygen atoms in total. The second-order valence-corrected chi connectivity index (χ2v) is 3.83. The Balaban J connectivity index is 2.21. The Bertz CT molecular complexity index is 350. The van der Waals surface area contributed by atoms with Crippen LogP contribution in [0, 0.1) is 6.92 Å². The van der Waals surface area contributed by atoms with Crippen LogP contribution in [-0.2, 0) is 7.05 Å². The lowest BCUT2D eigenvalue weighted by Crippen LogP contribution is -2.28. The standard InChI is InChI=1S/C10H15N3O/c1-8-7-12(2)11-9(8)10(14)13-5-3-4-6-13/h7H,3-6H2,1-2H3. The fourth-order valence-corrected chi connectivity index (χ4v) is 1.89. The van der Waals surface area contributed by atoms with Crippen molar-refractivity contribution in [3.63, 3.8) is 0 Å². The van der Waals surface area contributed by atoms with E-state index >= 15 is 0 Å². The number of carbonyl (C=O) groups is 1. The summed E-state index contributed by atoms with van der Waals surface area (Å²) in [4.78, 5) is 13.8. The second-order valence-electron chi connectivity index (χ2n) is 3.83. The van der Waals surface area contributed by atoms with Gasteiger partial charge in [-0.05, 0) is 19.8 Å². The first kappa shape index (κ1) is 9.24. The van der Waals surface area contributed by atoms with Crippen molar-refractivity contribution in [1.29, 1.82) is 0 Å². The number of carbonyl (C=O) groups excluding carboxylic acids is 1. The lowest BCUT2D eigenvalue weighted by molar-refractivity contribution is 0.0785. The van der Waals surface area contributed by atoms with E-state index in [1.165, 1.54) is 0 Å². The van der Waals surface area contributed by atoms with Crippen LogP contribution in [-0.4, -0.2) is 33.7 Å². The van der Waals surface area contributed by atoms with Crippen molar-refractivity contribution < 1.29 is 4.79 Å². The first-order valence-electron chi connectivity index (χ1n) is 4.98. The smallest absolute Gasteiger partial charge is 0.274 e. The van der Waals surface area contributed by atoms with Gasteiger partial charge in [0, 0.05) is 31.9 Å². The van der Waals surface area contributed by atoms with Crippen LogP contribution >= 0.6 is 0 Å². The van der Waals surface area contributed by atoms with E-state index in [1.54, 1.807) is 4.68 Å². The molecule has 0 atom stereocenters. The quantitative estimate of drug-likeness (QED) is 0.666. The summed E-state index contributed by atoms with van der Waals surface area (Å²) in [6.45, 7) is 3.69. The molecule has 1 aliphatic rings. The van der Waals surface area contributed by atoms with E-state index in [0.29, 0.717) is 5.69 Å². The molecule has 1 saturated heterocycles. The molecular weight excluding hydrogens is 178 g/mol. The number of aryl methyl sites for hydroxylation is 2. The van der Waals surface area contributed by atoms with Gasteiger partial charge in [-0.2, -0.15) is 5.10 Å². The first-order chi connectivity index (χ1) is 6.68. The van der Waals surface area contributed by atoms with E-state index in [0.717, 1.165) is 31.5 Å². The van der Waals surface area contributed by atoms with Crippen molar-refractivity contribution in [3.8, 4) is 0 Å². The zero-order chi connectivity index (χ0) is 10.1. The molecule has 1 amide bonds. The third-order valence-electron chi connectivity index (χ3n) is 2.61. The third kappa shape index (κ3) is 1.52. The highest BCUT2D eigenvalue weighted by molar-refractivity contribution is 5.93. The average molecular weight is 193 g/mol. The summed E-state index contributed by atoms with van der Waals surface area (Å²) in [5, 5.41) is 4.18. The number of nitrogens with zero attached hydrogens (tertiary/aromatic N) is 3. The van der Waals surface area contributed by atoms with Gasteiger partial charge in [-0.25, -0.2) is 0 Å². The Labute approximate surface area is 83.5 Å². The summed E-state index contributed by atoms with van der Waals surface area (Å²) in [6.07, 6.45) is 4.12. The molecule has 1 aliphatic heterocycles. The minimum absolute atomic E-state index is 0.0839. The molecular formula is C10H15N3O. The van der Waals surface area contributed by atoms with Gasteiger partial charge >= 0.3 is 0 Å². The van der Waals surface area contributed by atoms with E-state index in [-0.39, 0.29) is 5.91 Å². The van der Waals surface area contributed by atoms with Gasteiger partial charge in [-0.1, -0.05) is 0 Å². The largest absolute Gasteiger partial charge is 0.337 e. The summed E-state index contributed by atoms with van der Waals surface area (Å²) in [5.74, 6) is 0.0839. The van der Waals surface area contributed by atoms with Crippen molar-refractivity contribution >= 4 is 5.91 Å². The molecule has 0 N–H and O–H groups in total. The van der Waals surface area contributed by atoms with E-state index in [9.17, 15) is 4.79 Å². The lowest BCUT2D eigenvalue weighted by Gasteiger charge is -2.13. The predicted octanol–water partition coefficient (Wildman–Crippen LogP) is 0.965. The van der Waals surface area contributed by atoms with E-state index in [4.69, 9.17) is 0 Å². The van der Waals surface area contributed by atoms with Crippen LogP contribution in [0.2, 0.25) is 0 Å². The number of rotatable bonds is 1. The van der Waals surface area contributed by atoms with Crippen LogP contribution < -0.4 is 0 Å². The number of hydrogen-bond donors (Lipinski definition) is 0. The van der Waals surface area contributed by atoms with Crippen molar-refractivity contribution in [2.45, 2.75) is 19.8 Å². The van der Waals surface area contributed by atoms with Crippen molar-refractivity contribution in [2.75, 3.05) is 13.1 Å². The number of aromatic nitrogens is 2. The number of likely N-dealkylation sites (tertiary alicyclic amines) is 1. The highest BCUT2D eigenvalue weighted by atomic mass is 16.2. The molecule has 1 aromatic heterocycles. The Kier molecular flexibility index (Phi) is 2.27. The maximum absolute atomic E-state index is 11.9. The highest BCUT2D eigenvalue weighted by Crippen LogP contribution is 2.13. The van der Waals surface area contributed by atoms with Crippen LogP contribution in [0.1, 0.15) is 28.9 Å². The average Bonchev–Trinajstić information content (AvgIpc) is 2.73. The van der Waals surface area contributed by atoms with Gasteiger partial charge in [0.2, 0.25) is 0 Å². The molecule has 0 saturated carbocycles. The van der Waals surface area contributed by atoms with Crippen LogP contribution in [0.25, 0.3) is 0 Å². The van der Waals surface area contributed by atoms with Crippen LogP contribution in [0.4, 0.5) is 0 Å². The molecule has 0 spiro atoms. The Morgan fingerprint density at radius 3 is 2.57 bits per heavy atom. The molecule has 1 aromatic rings. The fourth-order valence-electron chi connectivity index (χ4n) is 1.89. The van der Waals surface area contributed by atoms with E-state index < -0.39 is 0 Å². The normalized spacial score (nSPS) is 16.3. The monoisotopic (exact) mass is 193 g/mol. The molecule has 0 aromatic carbocycles. The highest BCUT2D eigenvalue weighted by Gasteiger charge is 2.22. The molecule has 4 heteroatoms. The number of hydrogen-bond acceptors (Lipinski definition) is 2.